The van der Waals surface area contributed by atoms with Crippen LogP contribution < -0.4 is 19.1 Å². The van der Waals surface area contributed by atoms with Crippen molar-refractivity contribution in [1.29, 1.82) is 0 Å². The summed E-state index contributed by atoms with van der Waals surface area (Å²) in [5.41, 5.74) is 2.30. The largest absolute Gasteiger partial charge is 0.497 e. The molecule has 0 saturated carbocycles. The summed E-state index contributed by atoms with van der Waals surface area (Å²) < 4.78 is 39.1. The fourth-order valence-electron chi connectivity index (χ4n) is 3.41. The molecule has 28 heavy (non-hydrogen) atoms. The molecule has 1 aliphatic rings. The maximum absolute atomic E-state index is 12.9. The maximum atomic E-state index is 12.9. The molecular weight excluding hydrogens is 380 g/mol. The van der Waals surface area contributed by atoms with Crippen molar-refractivity contribution in [1.82, 2.24) is 4.72 Å². The van der Waals surface area contributed by atoms with E-state index in [1.54, 1.807) is 49.3 Å². The second-order valence-electron chi connectivity index (χ2n) is 6.66. The molecule has 2 aromatic carbocycles. The smallest absolute Gasteiger partial charge is 0.241 e. The lowest BCUT2D eigenvalue weighted by molar-refractivity contribution is -0.116. The number of hydrogen-bond acceptors (Lipinski definition) is 5. The number of amides is 1. The zero-order valence-electron chi connectivity index (χ0n) is 16.4. The summed E-state index contributed by atoms with van der Waals surface area (Å²) in [6.07, 6.45) is 0.636. The quantitative estimate of drug-likeness (QED) is 0.800. The highest BCUT2D eigenvalue weighted by Crippen LogP contribution is 2.32. The first-order valence-electron chi connectivity index (χ1n) is 8.92. The number of fused-ring (bicyclic) bond motifs is 1. The third-order valence-electron chi connectivity index (χ3n) is 4.87. The normalized spacial score (nSPS) is 14.5. The molecule has 0 fully saturated rings. The van der Waals surface area contributed by atoms with E-state index in [1.807, 2.05) is 0 Å². The molecule has 3 rings (SSSR count). The van der Waals surface area contributed by atoms with Gasteiger partial charge in [-0.05, 0) is 55.3 Å². The fraction of sp³-hybridized carbons (Fsp3) is 0.350. The molecule has 1 aliphatic heterocycles. The van der Waals surface area contributed by atoms with Crippen LogP contribution >= 0.6 is 0 Å². The van der Waals surface area contributed by atoms with E-state index >= 15 is 0 Å². The Labute approximate surface area is 165 Å². The number of ether oxygens (including phenoxy) is 2. The van der Waals surface area contributed by atoms with Gasteiger partial charge in [-0.3, -0.25) is 4.79 Å². The third-order valence-corrected chi connectivity index (χ3v) is 6.41. The number of methoxy groups -OCH3 is 2. The second-order valence-corrected chi connectivity index (χ2v) is 8.38. The van der Waals surface area contributed by atoms with Crippen molar-refractivity contribution >= 4 is 21.6 Å². The van der Waals surface area contributed by atoms with Crippen LogP contribution in [0.25, 0.3) is 0 Å². The van der Waals surface area contributed by atoms with Gasteiger partial charge in [0.1, 0.15) is 11.5 Å². The summed E-state index contributed by atoms with van der Waals surface area (Å²) >= 11 is 0. The van der Waals surface area contributed by atoms with Crippen molar-refractivity contribution < 1.29 is 22.7 Å². The molecule has 0 aromatic heterocycles. The average molecular weight is 404 g/mol. The van der Waals surface area contributed by atoms with E-state index in [-0.39, 0.29) is 10.8 Å². The Morgan fingerprint density at radius 2 is 1.89 bits per heavy atom. The van der Waals surface area contributed by atoms with Crippen molar-refractivity contribution in [2.75, 3.05) is 25.7 Å². The molecule has 1 heterocycles. The monoisotopic (exact) mass is 404 g/mol. The number of nitrogens with one attached hydrogen (secondary N) is 1. The number of carbonyl (C=O) groups is 1. The Bertz CT molecular complexity index is 1000. The number of carbonyl (C=O) groups excluding carboxylic acids is 1. The van der Waals surface area contributed by atoms with Crippen LogP contribution in [0, 0.1) is 0 Å². The van der Waals surface area contributed by atoms with Gasteiger partial charge in [0.05, 0.1) is 19.1 Å². The van der Waals surface area contributed by atoms with E-state index in [2.05, 4.69) is 4.72 Å². The van der Waals surface area contributed by atoms with Gasteiger partial charge in [-0.15, -0.1) is 0 Å². The number of sulfonamides is 1. The fourth-order valence-corrected chi connectivity index (χ4v) is 4.69. The zero-order chi connectivity index (χ0) is 20.5. The molecule has 1 amide bonds. The molecule has 0 unspecified atom stereocenters. The standard InChI is InChI=1S/C20H24N2O5S/c1-13(18-12-16(26-3)5-8-20(18)27-4)21-28(24,25)17-6-7-19-15(11-17)9-10-22(19)14(2)23/h5-8,11-13,21H,9-10H2,1-4H3/t13-/m0/s1. The van der Waals surface area contributed by atoms with Crippen molar-refractivity contribution in [3.63, 3.8) is 0 Å². The van der Waals surface area contributed by atoms with Crippen molar-refractivity contribution in [2.45, 2.75) is 31.2 Å². The zero-order valence-corrected chi connectivity index (χ0v) is 17.2. The average Bonchev–Trinajstić information content (AvgIpc) is 3.10. The highest BCUT2D eigenvalue weighted by Gasteiger charge is 2.26. The van der Waals surface area contributed by atoms with Gasteiger partial charge in [-0.1, -0.05) is 0 Å². The van der Waals surface area contributed by atoms with Gasteiger partial charge in [-0.25, -0.2) is 13.1 Å². The van der Waals surface area contributed by atoms with Crippen LogP contribution in [-0.2, 0) is 21.2 Å². The Kier molecular flexibility index (Phi) is 5.62. The number of rotatable bonds is 6. The molecule has 0 bridgehead atoms. The summed E-state index contributed by atoms with van der Waals surface area (Å²) in [4.78, 5) is 13.5. The first-order chi connectivity index (χ1) is 13.3. The Morgan fingerprint density at radius 1 is 1.14 bits per heavy atom. The lowest BCUT2D eigenvalue weighted by Gasteiger charge is -2.19. The van der Waals surface area contributed by atoms with Crippen LogP contribution in [0.1, 0.15) is 31.0 Å². The number of benzene rings is 2. The molecule has 0 saturated heterocycles. The predicted molar refractivity (Wildman–Crippen MR) is 106 cm³/mol. The van der Waals surface area contributed by atoms with Crippen LogP contribution in [0.3, 0.4) is 0 Å². The van der Waals surface area contributed by atoms with Gasteiger partial charge in [0, 0.05) is 30.8 Å². The minimum Gasteiger partial charge on any atom is -0.497 e. The van der Waals surface area contributed by atoms with E-state index in [0.717, 1.165) is 11.3 Å². The van der Waals surface area contributed by atoms with E-state index in [4.69, 9.17) is 9.47 Å². The van der Waals surface area contributed by atoms with Gasteiger partial charge in [0.15, 0.2) is 0 Å². The minimum atomic E-state index is -3.76. The van der Waals surface area contributed by atoms with Crippen LogP contribution in [0.2, 0.25) is 0 Å². The van der Waals surface area contributed by atoms with Crippen LogP contribution in [0.15, 0.2) is 41.3 Å². The number of hydrogen-bond donors (Lipinski definition) is 1. The summed E-state index contributed by atoms with van der Waals surface area (Å²) in [5, 5.41) is 0. The predicted octanol–water partition coefficient (Wildman–Crippen LogP) is 2.65. The van der Waals surface area contributed by atoms with Crippen molar-refractivity contribution in [3.05, 3.63) is 47.5 Å². The third kappa shape index (κ3) is 3.83. The van der Waals surface area contributed by atoms with Gasteiger partial charge < -0.3 is 14.4 Å². The molecule has 0 radical (unpaired) electrons. The van der Waals surface area contributed by atoms with E-state index in [1.165, 1.54) is 20.1 Å². The van der Waals surface area contributed by atoms with Crippen molar-refractivity contribution in [3.8, 4) is 11.5 Å². The number of nitrogens with zero attached hydrogens (tertiary/aromatic N) is 1. The van der Waals surface area contributed by atoms with E-state index < -0.39 is 16.1 Å². The van der Waals surface area contributed by atoms with E-state index in [0.29, 0.717) is 30.0 Å². The first kappa shape index (κ1) is 20.2. The molecule has 1 N–H and O–H groups in total. The summed E-state index contributed by atoms with van der Waals surface area (Å²) in [6.45, 7) is 3.82. The molecule has 7 nitrogen and oxygen atoms in total. The Morgan fingerprint density at radius 3 is 2.54 bits per heavy atom. The lowest BCUT2D eigenvalue weighted by atomic mass is 10.1. The second kappa shape index (κ2) is 7.81. The highest BCUT2D eigenvalue weighted by atomic mass is 32.2. The molecular formula is C20H24N2O5S. The molecule has 150 valence electrons. The summed E-state index contributed by atoms with van der Waals surface area (Å²) in [7, 11) is -0.675. The van der Waals surface area contributed by atoms with Crippen LogP contribution in [0.4, 0.5) is 5.69 Å². The summed E-state index contributed by atoms with van der Waals surface area (Å²) in [6, 6.07) is 9.56. The first-order valence-corrected chi connectivity index (χ1v) is 10.4. The minimum absolute atomic E-state index is 0.0498. The topological polar surface area (TPSA) is 84.9 Å². The maximum Gasteiger partial charge on any atom is 0.241 e. The van der Waals surface area contributed by atoms with Gasteiger partial charge in [-0.2, -0.15) is 0 Å². The van der Waals surface area contributed by atoms with Crippen molar-refractivity contribution in [2.24, 2.45) is 0 Å². The molecule has 0 aliphatic carbocycles. The lowest BCUT2D eigenvalue weighted by Crippen LogP contribution is -2.27. The molecule has 0 spiro atoms. The van der Waals surface area contributed by atoms with Gasteiger partial charge in [0.2, 0.25) is 15.9 Å². The van der Waals surface area contributed by atoms with E-state index in [9.17, 15) is 13.2 Å². The Balaban J connectivity index is 1.88. The SMILES string of the molecule is COc1ccc(OC)c([C@H](C)NS(=O)(=O)c2ccc3c(c2)CCN3C(C)=O)c1. The summed E-state index contributed by atoms with van der Waals surface area (Å²) in [5.74, 6) is 1.14. The molecule has 1 atom stereocenters. The highest BCUT2D eigenvalue weighted by molar-refractivity contribution is 7.89. The van der Waals surface area contributed by atoms with Crippen LogP contribution in [0.5, 0.6) is 11.5 Å². The van der Waals surface area contributed by atoms with Gasteiger partial charge >= 0.3 is 0 Å². The molecule has 2 aromatic rings. The molecule has 8 heteroatoms. The number of anilines is 1. The Hall–Kier alpha value is -2.58. The van der Waals surface area contributed by atoms with Crippen LogP contribution in [-0.4, -0.2) is 35.1 Å². The van der Waals surface area contributed by atoms with Gasteiger partial charge in [0.25, 0.3) is 0 Å².